The Hall–Kier alpha value is -3.02. The van der Waals surface area contributed by atoms with Gasteiger partial charge in [-0.3, -0.25) is 9.59 Å². The highest BCUT2D eigenvalue weighted by Gasteiger charge is 2.03. The molecular formula is C16H18O6. The third-order valence-corrected chi connectivity index (χ3v) is 2.06. The molecule has 0 atom stereocenters. The average molecular weight is 306 g/mol. The second-order valence-electron chi connectivity index (χ2n) is 4.11. The van der Waals surface area contributed by atoms with E-state index in [-0.39, 0.29) is 11.5 Å². The fourth-order valence-corrected chi connectivity index (χ4v) is 1.37. The van der Waals surface area contributed by atoms with Crippen molar-refractivity contribution in [1.82, 2.24) is 0 Å². The van der Waals surface area contributed by atoms with Crippen LogP contribution < -0.4 is 0 Å². The van der Waals surface area contributed by atoms with Crippen LogP contribution in [0.1, 0.15) is 13.8 Å². The maximum Gasteiger partial charge on any atom is 0.300 e. The van der Waals surface area contributed by atoms with E-state index in [2.05, 4.69) is 0 Å². The molecule has 0 amide bonds. The molecular weight excluding hydrogens is 288 g/mol. The van der Waals surface area contributed by atoms with Crippen molar-refractivity contribution in [2.24, 2.45) is 0 Å². The molecule has 0 heterocycles. The summed E-state index contributed by atoms with van der Waals surface area (Å²) in [4.78, 5) is 18.0. The first kappa shape index (κ1) is 19.0. The number of carboxylic acids is 2. The smallest absolute Gasteiger partial charge is 0.300 e. The molecule has 22 heavy (non-hydrogen) atoms. The number of carbonyl (C=O) groups is 2. The fourth-order valence-electron chi connectivity index (χ4n) is 1.37. The quantitative estimate of drug-likeness (QED) is 0.602. The number of carboxylic acid groups (broad SMARTS) is 2. The molecule has 0 radical (unpaired) electrons. The van der Waals surface area contributed by atoms with Crippen LogP contribution in [0.2, 0.25) is 0 Å². The number of rotatable bonds is 1. The van der Waals surface area contributed by atoms with Crippen molar-refractivity contribution in [2.75, 3.05) is 0 Å². The summed E-state index contributed by atoms with van der Waals surface area (Å²) in [5, 5.41) is 33.7. The number of hydrogen-bond donors (Lipinski definition) is 4. The van der Waals surface area contributed by atoms with Gasteiger partial charge in [-0.2, -0.15) is 0 Å². The lowest BCUT2D eigenvalue weighted by atomic mass is 10.0. The second kappa shape index (κ2) is 9.82. The van der Waals surface area contributed by atoms with Crippen molar-refractivity contribution < 1.29 is 30.0 Å². The van der Waals surface area contributed by atoms with Crippen LogP contribution in [-0.4, -0.2) is 32.4 Å². The minimum Gasteiger partial charge on any atom is -0.508 e. The highest BCUT2D eigenvalue weighted by molar-refractivity contribution is 5.71. The van der Waals surface area contributed by atoms with E-state index in [9.17, 15) is 10.2 Å². The topological polar surface area (TPSA) is 115 Å². The molecule has 2 aromatic rings. The zero-order chi connectivity index (χ0) is 17.1. The highest BCUT2D eigenvalue weighted by atomic mass is 16.4. The van der Waals surface area contributed by atoms with Crippen LogP contribution in [0.15, 0.2) is 48.5 Å². The van der Waals surface area contributed by atoms with Gasteiger partial charge >= 0.3 is 0 Å². The average Bonchev–Trinajstić information content (AvgIpc) is 2.41. The fraction of sp³-hybridized carbons (Fsp3) is 0.125. The third kappa shape index (κ3) is 8.98. The van der Waals surface area contributed by atoms with Crippen molar-refractivity contribution in [1.29, 1.82) is 0 Å². The minimum absolute atomic E-state index is 0.154. The van der Waals surface area contributed by atoms with Gasteiger partial charge in [-0.1, -0.05) is 30.3 Å². The van der Waals surface area contributed by atoms with Crippen molar-refractivity contribution in [3.8, 4) is 22.6 Å². The number of phenolic OH excluding ortho intramolecular Hbond substituents is 2. The van der Waals surface area contributed by atoms with E-state index < -0.39 is 11.9 Å². The molecule has 6 nitrogen and oxygen atoms in total. The van der Waals surface area contributed by atoms with Gasteiger partial charge in [0.15, 0.2) is 0 Å². The van der Waals surface area contributed by atoms with Crippen LogP contribution in [0.5, 0.6) is 11.5 Å². The predicted octanol–water partition coefficient (Wildman–Crippen LogP) is 2.95. The summed E-state index contributed by atoms with van der Waals surface area (Å²) in [6, 6.07) is 13.9. The Bertz CT molecular complexity index is 587. The van der Waals surface area contributed by atoms with Gasteiger partial charge in [0, 0.05) is 19.4 Å². The summed E-state index contributed by atoms with van der Waals surface area (Å²) in [5.74, 6) is -1.34. The van der Waals surface area contributed by atoms with E-state index in [1.807, 2.05) is 30.3 Å². The van der Waals surface area contributed by atoms with Gasteiger partial charge in [-0.05, 0) is 23.8 Å². The Morgan fingerprint density at radius 3 is 1.73 bits per heavy atom. The Morgan fingerprint density at radius 2 is 1.27 bits per heavy atom. The molecule has 0 spiro atoms. The van der Waals surface area contributed by atoms with Gasteiger partial charge in [0.25, 0.3) is 11.9 Å². The maximum absolute atomic E-state index is 9.58. The van der Waals surface area contributed by atoms with Crippen molar-refractivity contribution in [2.45, 2.75) is 13.8 Å². The van der Waals surface area contributed by atoms with Crippen molar-refractivity contribution in [3.63, 3.8) is 0 Å². The van der Waals surface area contributed by atoms with Crippen molar-refractivity contribution >= 4 is 11.9 Å². The predicted molar refractivity (Wildman–Crippen MR) is 81.8 cm³/mol. The van der Waals surface area contributed by atoms with E-state index in [0.717, 1.165) is 19.4 Å². The van der Waals surface area contributed by atoms with Gasteiger partial charge < -0.3 is 20.4 Å². The zero-order valence-corrected chi connectivity index (χ0v) is 12.2. The van der Waals surface area contributed by atoms with Gasteiger partial charge in [-0.15, -0.1) is 0 Å². The molecule has 0 saturated carbocycles. The molecule has 0 unspecified atom stereocenters. The van der Waals surface area contributed by atoms with Gasteiger partial charge in [0.05, 0.1) is 0 Å². The number of phenols is 2. The molecule has 0 aliphatic rings. The summed E-state index contributed by atoms with van der Waals surface area (Å²) < 4.78 is 0. The number of hydrogen-bond acceptors (Lipinski definition) is 4. The van der Waals surface area contributed by atoms with Crippen LogP contribution in [0.4, 0.5) is 0 Å². The molecule has 0 aromatic heterocycles. The molecule has 0 saturated heterocycles. The summed E-state index contributed by atoms with van der Waals surface area (Å²) in [7, 11) is 0. The van der Waals surface area contributed by atoms with Gasteiger partial charge in [0.1, 0.15) is 11.5 Å². The molecule has 0 aliphatic carbocycles. The van der Waals surface area contributed by atoms with Crippen LogP contribution in [0.3, 0.4) is 0 Å². The largest absolute Gasteiger partial charge is 0.508 e. The summed E-state index contributed by atoms with van der Waals surface area (Å²) in [6.45, 7) is 2.17. The lowest BCUT2D eigenvalue weighted by Gasteiger charge is -2.04. The van der Waals surface area contributed by atoms with Gasteiger partial charge in [0.2, 0.25) is 0 Å². The lowest BCUT2D eigenvalue weighted by molar-refractivity contribution is -0.135. The summed E-state index contributed by atoms with van der Waals surface area (Å²) in [6.07, 6.45) is 0. The van der Waals surface area contributed by atoms with E-state index in [1.54, 1.807) is 6.07 Å². The molecule has 2 aromatic carbocycles. The molecule has 0 bridgehead atoms. The Morgan fingerprint density at radius 1 is 0.818 bits per heavy atom. The van der Waals surface area contributed by atoms with Crippen molar-refractivity contribution in [3.05, 3.63) is 48.5 Å². The number of aliphatic carboxylic acids is 2. The number of aromatic hydroxyl groups is 2. The SMILES string of the molecule is CC(=O)O.CC(=O)O.Oc1ccc(O)c(-c2ccccc2)c1. The monoisotopic (exact) mass is 306 g/mol. The molecule has 6 heteroatoms. The molecule has 0 fully saturated rings. The normalized spacial score (nSPS) is 8.64. The first-order chi connectivity index (χ1) is 10.2. The van der Waals surface area contributed by atoms with Gasteiger partial charge in [-0.25, -0.2) is 0 Å². The van der Waals surface area contributed by atoms with Crippen LogP contribution >= 0.6 is 0 Å². The highest BCUT2D eigenvalue weighted by Crippen LogP contribution is 2.31. The Kier molecular flexibility index (Phi) is 8.47. The summed E-state index contributed by atoms with van der Waals surface area (Å²) >= 11 is 0. The van der Waals surface area contributed by atoms with E-state index >= 15 is 0 Å². The maximum atomic E-state index is 9.58. The first-order valence-electron chi connectivity index (χ1n) is 6.20. The number of benzene rings is 2. The molecule has 4 N–H and O–H groups in total. The minimum atomic E-state index is -0.833. The third-order valence-electron chi connectivity index (χ3n) is 2.06. The molecule has 0 aliphatic heterocycles. The Balaban J connectivity index is 0.000000464. The molecule has 2 rings (SSSR count). The van der Waals surface area contributed by atoms with E-state index in [4.69, 9.17) is 19.8 Å². The van der Waals surface area contributed by atoms with E-state index in [0.29, 0.717) is 5.56 Å². The van der Waals surface area contributed by atoms with Crippen LogP contribution in [0, 0.1) is 0 Å². The first-order valence-corrected chi connectivity index (χ1v) is 6.20. The van der Waals surface area contributed by atoms with Crippen LogP contribution in [0.25, 0.3) is 11.1 Å². The zero-order valence-electron chi connectivity index (χ0n) is 12.2. The molecule has 118 valence electrons. The summed E-state index contributed by atoms with van der Waals surface area (Å²) in [5.41, 5.74) is 1.53. The standard InChI is InChI=1S/C12H10O2.2C2H4O2/c13-10-6-7-12(14)11(8-10)9-4-2-1-3-5-9;2*1-2(3)4/h1-8,13-14H;2*1H3,(H,3,4). The lowest BCUT2D eigenvalue weighted by Crippen LogP contribution is -1.78. The Labute approximate surface area is 127 Å². The van der Waals surface area contributed by atoms with Crippen LogP contribution in [-0.2, 0) is 9.59 Å². The second-order valence-corrected chi connectivity index (χ2v) is 4.11. The van der Waals surface area contributed by atoms with E-state index in [1.165, 1.54) is 12.1 Å².